The van der Waals surface area contributed by atoms with Crippen LogP contribution in [0.3, 0.4) is 0 Å². The Morgan fingerprint density at radius 1 is 1.41 bits per heavy atom. The predicted molar refractivity (Wildman–Crippen MR) is 89.0 cm³/mol. The SMILES string of the molecule is CCCc1c(C(=O)NN=Cc2ccc(F)cc2F)nnn1-c1nonc1N. The molecule has 0 saturated carbocycles. The molecule has 0 atom stereocenters. The van der Waals surface area contributed by atoms with Crippen LogP contribution in [0.2, 0.25) is 0 Å². The van der Waals surface area contributed by atoms with Crippen LogP contribution in [0.1, 0.15) is 35.1 Å². The van der Waals surface area contributed by atoms with Gasteiger partial charge in [0.2, 0.25) is 11.6 Å². The number of nitrogens with one attached hydrogen (secondary N) is 1. The lowest BCUT2D eigenvalue weighted by atomic mass is 10.2. The van der Waals surface area contributed by atoms with Crippen molar-refractivity contribution in [2.75, 3.05) is 5.73 Å². The van der Waals surface area contributed by atoms with Crippen molar-refractivity contribution in [3.63, 3.8) is 0 Å². The lowest BCUT2D eigenvalue weighted by Crippen LogP contribution is -2.20. The minimum Gasteiger partial charge on any atom is -0.378 e. The van der Waals surface area contributed by atoms with Crippen molar-refractivity contribution in [3.8, 4) is 5.82 Å². The largest absolute Gasteiger partial charge is 0.378 e. The molecule has 1 amide bonds. The number of amides is 1. The van der Waals surface area contributed by atoms with E-state index in [9.17, 15) is 13.6 Å². The van der Waals surface area contributed by atoms with Gasteiger partial charge in [-0.2, -0.15) is 9.78 Å². The van der Waals surface area contributed by atoms with Crippen LogP contribution in [0.15, 0.2) is 27.9 Å². The van der Waals surface area contributed by atoms with Crippen molar-refractivity contribution in [1.29, 1.82) is 0 Å². The van der Waals surface area contributed by atoms with Gasteiger partial charge in [0.1, 0.15) is 11.6 Å². The first-order chi connectivity index (χ1) is 13.0. The molecular weight excluding hydrogens is 362 g/mol. The van der Waals surface area contributed by atoms with Crippen molar-refractivity contribution >= 4 is 17.9 Å². The number of carbonyl (C=O) groups excluding carboxylic acids is 1. The first kappa shape index (κ1) is 18.1. The van der Waals surface area contributed by atoms with Gasteiger partial charge in [-0.15, -0.1) is 5.10 Å². The summed E-state index contributed by atoms with van der Waals surface area (Å²) < 4.78 is 32.2. The zero-order valence-corrected chi connectivity index (χ0v) is 14.1. The molecule has 0 bridgehead atoms. The van der Waals surface area contributed by atoms with Gasteiger partial charge in [-0.25, -0.2) is 18.8 Å². The number of rotatable bonds is 6. The first-order valence-electron chi connectivity index (χ1n) is 7.82. The number of benzene rings is 1. The minimum atomic E-state index is -0.806. The van der Waals surface area contributed by atoms with E-state index in [-0.39, 0.29) is 22.9 Å². The average Bonchev–Trinajstić information content (AvgIpc) is 3.23. The number of hydrogen-bond donors (Lipinski definition) is 2. The van der Waals surface area contributed by atoms with E-state index < -0.39 is 17.5 Å². The van der Waals surface area contributed by atoms with Crippen LogP contribution in [0, 0.1) is 11.6 Å². The number of nitrogens with two attached hydrogens (primary N) is 1. The number of hydrogen-bond acceptors (Lipinski definition) is 8. The highest BCUT2D eigenvalue weighted by molar-refractivity contribution is 5.94. The lowest BCUT2D eigenvalue weighted by molar-refractivity contribution is 0.0949. The zero-order valence-electron chi connectivity index (χ0n) is 14.1. The highest BCUT2D eigenvalue weighted by Gasteiger charge is 2.23. The number of halogens is 2. The number of hydrazone groups is 1. The van der Waals surface area contributed by atoms with Gasteiger partial charge in [0.05, 0.1) is 11.9 Å². The molecule has 0 radical (unpaired) electrons. The standard InChI is InChI=1S/C15H14F2N8O2/c1-2-3-11-12(20-24-25(11)14-13(18)22-27-23-14)15(26)21-19-7-8-4-5-9(16)6-10(8)17/h4-7H,2-3H2,1H3,(H2,18,22)(H,21,26). The summed E-state index contributed by atoms with van der Waals surface area (Å²) in [6.07, 6.45) is 2.18. The summed E-state index contributed by atoms with van der Waals surface area (Å²) in [5, 5.41) is 18.4. The number of aromatic nitrogens is 5. The third kappa shape index (κ3) is 3.78. The summed E-state index contributed by atoms with van der Waals surface area (Å²) in [4.78, 5) is 12.4. The molecule has 3 rings (SSSR count). The van der Waals surface area contributed by atoms with Crippen molar-refractivity contribution < 1.29 is 18.2 Å². The molecule has 140 valence electrons. The first-order valence-corrected chi connectivity index (χ1v) is 7.82. The second kappa shape index (κ2) is 7.68. The summed E-state index contributed by atoms with van der Waals surface area (Å²) >= 11 is 0. The van der Waals surface area contributed by atoms with Gasteiger partial charge in [-0.1, -0.05) is 18.6 Å². The fourth-order valence-corrected chi connectivity index (χ4v) is 2.27. The second-order valence-electron chi connectivity index (χ2n) is 5.38. The number of nitrogens with zero attached hydrogens (tertiary/aromatic N) is 6. The normalized spacial score (nSPS) is 11.2. The van der Waals surface area contributed by atoms with E-state index in [1.54, 1.807) is 0 Å². The third-order valence-electron chi connectivity index (χ3n) is 3.49. The van der Waals surface area contributed by atoms with Crippen molar-refractivity contribution in [1.82, 2.24) is 30.7 Å². The molecule has 0 fully saturated rings. The van der Waals surface area contributed by atoms with Gasteiger partial charge in [0, 0.05) is 11.6 Å². The summed E-state index contributed by atoms with van der Waals surface area (Å²) in [5.74, 6) is -2.08. The van der Waals surface area contributed by atoms with E-state index >= 15 is 0 Å². The molecule has 0 spiro atoms. The second-order valence-corrected chi connectivity index (χ2v) is 5.38. The summed E-state index contributed by atoms with van der Waals surface area (Å²) in [6, 6.07) is 2.98. The zero-order chi connectivity index (χ0) is 19.4. The van der Waals surface area contributed by atoms with Gasteiger partial charge >= 0.3 is 0 Å². The quantitative estimate of drug-likeness (QED) is 0.487. The van der Waals surface area contributed by atoms with E-state index in [2.05, 4.69) is 35.8 Å². The maximum Gasteiger partial charge on any atom is 0.293 e. The number of anilines is 1. The third-order valence-corrected chi connectivity index (χ3v) is 3.49. The molecule has 0 aliphatic carbocycles. The molecule has 0 saturated heterocycles. The van der Waals surface area contributed by atoms with Gasteiger partial charge in [-0.05, 0) is 28.9 Å². The topological polar surface area (TPSA) is 137 Å². The molecule has 27 heavy (non-hydrogen) atoms. The van der Waals surface area contributed by atoms with Crippen molar-refractivity contribution in [3.05, 3.63) is 46.8 Å². The summed E-state index contributed by atoms with van der Waals surface area (Å²) in [7, 11) is 0. The molecule has 0 aliphatic heterocycles. The number of carbonyl (C=O) groups is 1. The monoisotopic (exact) mass is 376 g/mol. The molecule has 10 nitrogen and oxygen atoms in total. The highest BCUT2D eigenvalue weighted by atomic mass is 19.1. The maximum absolute atomic E-state index is 13.6. The Balaban J connectivity index is 1.81. The molecule has 2 heterocycles. The van der Waals surface area contributed by atoms with Crippen LogP contribution in [0.4, 0.5) is 14.6 Å². The van der Waals surface area contributed by atoms with E-state index in [0.717, 1.165) is 12.3 Å². The Bertz CT molecular complexity index is 998. The smallest absolute Gasteiger partial charge is 0.293 e. The summed E-state index contributed by atoms with van der Waals surface area (Å²) in [5.41, 5.74) is 8.31. The van der Waals surface area contributed by atoms with Gasteiger partial charge in [-0.3, -0.25) is 4.79 Å². The Kier molecular flexibility index (Phi) is 5.15. The van der Waals surface area contributed by atoms with Crippen molar-refractivity contribution in [2.24, 2.45) is 5.10 Å². The van der Waals surface area contributed by atoms with E-state index in [1.165, 1.54) is 10.7 Å². The maximum atomic E-state index is 13.6. The summed E-state index contributed by atoms with van der Waals surface area (Å²) in [6.45, 7) is 1.90. The van der Waals surface area contributed by atoms with Crippen LogP contribution in [0.5, 0.6) is 0 Å². The van der Waals surface area contributed by atoms with Crippen LogP contribution < -0.4 is 11.2 Å². The van der Waals surface area contributed by atoms with Crippen LogP contribution in [0.25, 0.3) is 5.82 Å². The van der Waals surface area contributed by atoms with Crippen molar-refractivity contribution in [2.45, 2.75) is 19.8 Å². The molecule has 0 aliphatic rings. The Morgan fingerprint density at radius 2 is 2.22 bits per heavy atom. The molecule has 3 aromatic rings. The highest BCUT2D eigenvalue weighted by Crippen LogP contribution is 2.17. The number of nitrogen functional groups attached to an aromatic ring is 1. The van der Waals surface area contributed by atoms with Crippen LogP contribution in [-0.2, 0) is 6.42 Å². The van der Waals surface area contributed by atoms with Gasteiger partial charge in [0.25, 0.3) is 5.91 Å². The average molecular weight is 376 g/mol. The van der Waals surface area contributed by atoms with Gasteiger partial charge < -0.3 is 5.73 Å². The molecular formula is C15H14F2N8O2. The Hall–Kier alpha value is -3.70. The van der Waals surface area contributed by atoms with E-state index in [4.69, 9.17) is 5.73 Å². The molecule has 2 aromatic heterocycles. The lowest BCUT2D eigenvalue weighted by Gasteiger charge is -2.03. The Labute approximate surface area is 151 Å². The fourth-order valence-electron chi connectivity index (χ4n) is 2.27. The predicted octanol–water partition coefficient (Wildman–Crippen LogP) is 1.23. The molecule has 1 aromatic carbocycles. The van der Waals surface area contributed by atoms with Crippen LogP contribution in [-0.4, -0.2) is 37.4 Å². The van der Waals surface area contributed by atoms with Crippen LogP contribution >= 0.6 is 0 Å². The molecule has 0 unspecified atom stereocenters. The molecule has 3 N–H and O–H groups in total. The fraction of sp³-hybridized carbons (Fsp3) is 0.200. The molecule has 12 heteroatoms. The van der Waals surface area contributed by atoms with E-state index in [0.29, 0.717) is 24.6 Å². The minimum absolute atomic E-state index is 0.00372. The Morgan fingerprint density at radius 3 is 2.89 bits per heavy atom. The van der Waals surface area contributed by atoms with Gasteiger partial charge in [0.15, 0.2) is 5.69 Å². The van der Waals surface area contributed by atoms with E-state index in [1.807, 2.05) is 6.92 Å².